The van der Waals surface area contributed by atoms with Crippen LogP contribution in [0, 0.1) is 0 Å². The van der Waals surface area contributed by atoms with Gasteiger partial charge < -0.3 is 5.32 Å². The van der Waals surface area contributed by atoms with E-state index < -0.39 is 15.9 Å². The Labute approximate surface area is 211 Å². The van der Waals surface area contributed by atoms with Crippen LogP contribution in [0.15, 0.2) is 88.1 Å². The van der Waals surface area contributed by atoms with Gasteiger partial charge in [-0.1, -0.05) is 36.4 Å². The van der Waals surface area contributed by atoms with E-state index in [9.17, 15) is 18.0 Å². The highest BCUT2D eigenvalue weighted by atomic mass is 32.2. The summed E-state index contributed by atoms with van der Waals surface area (Å²) in [5, 5.41) is 7.27. The average Bonchev–Trinajstić information content (AvgIpc) is 3.30. The van der Waals surface area contributed by atoms with Gasteiger partial charge in [-0.2, -0.15) is 0 Å². The predicted molar refractivity (Wildman–Crippen MR) is 143 cm³/mol. The molecule has 1 amide bonds. The summed E-state index contributed by atoms with van der Waals surface area (Å²) in [5.74, 6) is -0.427. The average molecular weight is 519 g/mol. The molecule has 3 aromatic carbocycles. The summed E-state index contributed by atoms with van der Waals surface area (Å²) in [4.78, 5) is 31.1. The summed E-state index contributed by atoms with van der Waals surface area (Å²) in [6.07, 6.45) is 1.37. The van der Waals surface area contributed by atoms with Crippen LogP contribution in [-0.2, 0) is 21.4 Å². The number of hydrogen-bond acceptors (Lipinski definition) is 6. The molecule has 10 heteroatoms. The molecule has 0 saturated heterocycles. The van der Waals surface area contributed by atoms with Crippen molar-refractivity contribution in [3.8, 4) is 11.1 Å². The zero-order valence-electron chi connectivity index (χ0n) is 19.5. The van der Waals surface area contributed by atoms with Gasteiger partial charge in [-0.3, -0.25) is 14.2 Å². The van der Waals surface area contributed by atoms with Gasteiger partial charge in [-0.15, -0.1) is 11.3 Å². The highest BCUT2D eigenvalue weighted by Gasteiger charge is 2.18. The smallest absolute Gasteiger partial charge is 0.263 e. The maximum Gasteiger partial charge on any atom is 0.263 e. The SMILES string of the molecule is CN(C)S(=O)(=O)c1ccc(NC(=O)Cn2cnc3scc(-c4ccc5ccccc5c4)c3c2=O)cc1. The van der Waals surface area contributed by atoms with Crippen LogP contribution in [0.1, 0.15) is 0 Å². The van der Waals surface area contributed by atoms with Gasteiger partial charge in [0.15, 0.2) is 0 Å². The van der Waals surface area contributed by atoms with Crippen LogP contribution in [0.4, 0.5) is 5.69 Å². The summed E-state index contributed by atoms with van der Waals surface area (Å²) < 4.78 is 26.8. The lowest BCUT2D eigenvalue weighted by molar-refractivity contribution is -0.116. The molecule has 0 aliphatic carbocycles. The van der Waals surface area contributed by atoms with Crippen LogP contribution in [-0.4, -0.2) is 42.3 Å². The lowest BCUT2D eigenvalue weighted by atomic mass is 10.0. The number of fused-ring (bicyclic) bond motifs is 2. The first-order chi connectivity index (χ1) is 17.2. The Kier molecular flexibility index (Phi) is 6.17. The summed E-state index contributed by atoms with van der Waals surface area (Å²) in [7, 11) is -0.661. The lowest BCUT2D eigenvalue weighted by Gasteiger charge is -2.12. The van der Waals surface area contributed by atoms with Crippen molar-refractivity contribution < 1.29 is 13.2 Å². The van der Waals surface area contributed by atoms with Gasteiger partial charge in [0.25, 0.3) is 5.56 Å². The van der Waals surface area contributed by atoms with Gasteiger partial charge in [0, 0.05) is 30.7 Å². The molecule has 5 rings (SSSR count). The summed E-state index contributed by atoms with van der Waals surface area (Å²) in [5.41, 5.74) is 1.82. The van der Waals surface area contributed by atoms with Gasteiger partial charge in [0.05, 0.1) is 16.6 Å². The normalized spacial score (nSPS) is 11.9. The zero-order chi connectivity index (χ0) is 25.4. The predicted octanol–water partition coefficient (Wildman–Crippen LogP) is 4.17. The molecule has 0 saturated carbocycles. The van der Waals surface area contributed by atoms with Crippen molar-refractivity contribution in [2.45, 2.75) is 11.4 Å². The molecule has 5 aromatic rings. The minimum Gasteiger partial charge on any atom is -0.325 e. The number of nitrogens with one attached hydrogen (secondary N) is 1. The van der Waals surface area contributed by atoms with Crippen molar-refractivity contribution >= 4 is 53.9 Å². The largest absolute Gasteiger partial charge is 0.325 e. The first-order valence-corrected chi connectivity index (χ1v) is 13.3. The first-order valence-electron chi connectivity index (χ1n) is 11.0. The molecule has 0 unspecified atom stereocenters. The van der Waals surface area contributed by atoms with Crippen LogP contribution in [0.25, 0.3) is 32.1 Å². The highest BCUT2D eigenvalue weighted by Crippen LogP contribution is 2.32. The Morgan fingerprint density at radius 2 is 1.75 bits per heavy atom. The zero-order valence-corrected chi connectivity index (χ0v) is 21.1. The number of nitrogens with zero attached hydrogens (tertiary/aromatic N) is 3. The maximum absolute atomic E-state index is 13.3. The number of carbonyl (C=O) groups is 1. The van der Waals surface area contributed by atoms with Gasteiger partial charge in [0.2, 0.25) is 15.9 Å². The Morgan fingerprint density at radius 1 is 1.03 bits per heavy atom. The molecule has 0 bridgehead atoms. The number of hydrogen-bond donors (Lipinski definition) is 1. The van der Waals surface area contributed by atoms with Gasteiger partial charge in [0.1, 0.15) is 11.4 Å². The fourth-order valence-electron chi connectivity index (χ4n) is 3.93. The summed E-state index contributed by atoms with van der Waals surface area (Å²) in [6, 6.07) is 19.9. The third kappa shape index (κ3) is 4.41. The van der Waals surface area contributed by atoms with E-state index in [1.165, 1.54) is 60.6 Å². The van der Waals surface area contributed by atoms with E-state index in [0.29, 0.717) is 15.9 Å². The van der Waals surface area contributed by atoms with Crippen LogP contribution in [0.5, 0.6) is 0 Å². The number of sulfonamides is 1. The second kappa shape index (κ2) is 9.30. The molecule has 0 aliphatic rings. The molecular weight excluding hydrogens is 496 g/mol. The topological polar surface area (TPSA) is 101 Å². The van der Waals surface area contributed by atoms with Crippen molar-refractivity contribution in [1.29, 1.82) is 0 Å². The van der Waals surface area contributed by atoms with Crippen LogP contribution < -0.4 is 10.9 Å². The van der Waals surface area contributed by atoms with E-state index in [2.05, 4.69) is 10.3 Å². The summed E-state index contributed by atoms with van der Waals surface area (Å²) >= 11 is 1.39. The Hall–Kier alpha value is -3.86. The van der Waals surface area contributed by atoms with Crippen LogP contribution in [0.2, 0.25) is 0 Å². The monoisotopic (exact) mass is 518 g/mol. The standard InChI is InChI=1S/C26H22N4O4S2/c1-29(2)36(33,34)21-11-9-20(10-12-21)28-23(31)14-30-16-27-25-24(26(30)32)22(15-35-25)19-8-7-17-5-3-4-6-18(17)13-19/h3-13,15-16H,14H2,1-2H3,(H,28,31). The van der Waals surface area contributed by atoms with Crippen molar-refractivity contribution in [3.05, 3.63) is 88.8 Å². The van der Waals surface area contributed by atoms with Gasteiger partial charge >= 0.3 is 0 Å². The molecular formula is C26H22N4O4S2. The molecule has 36 heavy (non-hydrogen) atoms. The van der Waals surface area contributed by atoms with E-state index in [4.69, 9.17) is 0 Å². The Balaban J connectivity index is 1.40. The number of thiophene rings is 1. The van der Waals surface area contributed by atoms with E-state index in [-0.39, 0.29) is 17.0 Å². The van der Waals surface area contributed by atoms with Crippen LogP contribution >= 0.6 is 11.3 Å². The molecule has 0 spiro atoms. The molecule has 8 nitrogen and oxygen atoms in total. The molecule has 1 N–H and O–H groups in total. The number of benzene rings is 3. The number of rotatable bonds is 6. The third-order valence-electron chi connectivity index (χ3n) is 5.85. The first kappa shape index (κ1) is 23.9. The minimum atomic E-state index is -3.56. The minimum absolute atomic E-state index is 0.120. The molecule has 0 atom stereocenters. The second-order valence-electron chi connectivity index (χ2n) is 8.43. The Bertz CT molecular complexity index is 1770. The van der Waals surface area contributed by atoms with E-state index in [1.54, 1.807) is 0 Å². The van der Waals surface area contributed by atoms with Crippen molar-refractivity contribution in [2.24, 2.45) is 0 Å². The number of carbonyl (C=O) groups excluding carboxylic acids is 1. The second-order valence-corrected chi connectivity index (χ2v) is 11.4. The third-order valence-corrected chi connectivity index (χ3v) is 8.57. The van der Waals surface area contributed by atoms with Gasteiger partial charge in [-0.25, -0.2) is 17.7 Å². The lowest BCUT2D eigenvalue weighted by Crippen LogP contribution is -2.27. The maximum atomic E-state index is 13.3. The molecule has 2 aromatic heterocycles. The number of aromatic nitrogens is 2. The van der Waals surface area contributed by atoms with Crippen molar-refractivity contribution in [1.82, 2.24) is 13.9 Å². The highest BCUT2D eigenvalue weighted by molar-refractivity contribution is 7.89. The molecule has 2 heterocycles. The fourth-order valence-corrected chi connectivity index (χ4v) is 5.73. The fraction of sp³-hybridized carbons (Fsp3) is 0.115. The van der Waals surface area contributed by atoms with Crippen molar-refractivity contribution in [2.75, 3.05) is 19.4 Å². The molecule has 0 fully saturated rings. The molecule has 182 valence electrons. The van der Waals surface area contributed by atoms with Crippen molar-refractivity contribution in [3.63, 3.8) is 0 Å². The van der Waals surface area contributed by atoms with Crippen LogP contribution in [0.3, 0.4) is 0 Å². The van der Waals surface area contributed by atoms with Gasteiger partial charge in [-0.05, 0) is 46.7 Å². The quantitative estimate of drug-likeness (QED) is 0.364. The van der Waals surface area contributed by atoms with E-state index in [0.717, 1.165) is 26.2 Å². The summed E-state index contributed by atoms with van der Waals surface area (Å²) in [6.45, 7) is -0.230. The van der Waals surface area contributed by atoms with E-state index in [1.807, 2.05) is 47.8 Å². The number of amides is 1. The molecule has 0 radical (unpaired) electrons. The Morgan fingerprint density at radius 3 is 2.47 bits per heavy atom. The molecule has 0 aliphatic heterocycles. The number of anilines is 1. The van der Waals surface area contributed by atoms with E-state index >= 15 is 0 Å².